The molecule has 0 radical (unpaired) electrons. The minimum Gasteiger partial charge on any atom is -0.461 e. The van der Waals surface area contributed by atoms with E-state index in [0.29, 0.717) is 39.6 Å². The molecular weight excluding hydrogens is 458 g/mol. The van der Waals surface area contributed by atoms with E-state index < -0.39 is 15.9 Å². The first kappa shape index (κ1) is 28.9. The van der Waals surface area contributed by atoms with Crippen molar-refractivity contribution in [3.05, 3.63) is 35.9 Å². The Morgan fingerprint density at radius 1 is 0.788 bits per heavy atom. The summed E-state index contributed by atoms with van der Waals surface area (Å²) in [4.78, 5) is 23.0. The Kier molecular flexibility index (Phi) is 16.1. The van der Waals surface area contributed by atoms with E-state index in [1.807, 2.05) is 30.3 Å². The molecule has 0 saturated heterocycles. The molecule has 0 saturated carbocycles. The summed E-state index contributed by atoms with van der Waals surface area (Å²) in [5, 5.41) is 2.36. The largest absolute Gasteiger partial charge is 0.461 e. The van der Waals surface area contributed by atoms with Crippen LogP contribution < -0.4 is 5.32 Å². The summed E-state index contributed by atoms with van der Waals surface area (Å²) in [6.45, 7) is 2.71. The van der Waals surface area contributed by atoms with Crippen molar-refractivity contribution in [2.24, 2.45) is 0 Å². The Bertz CT molecular complexity index is 758. The van der Waals surface area contributed by atoms with Crippen LogP contribution in [0.3, 0.4) is 0 Å². The van der Waals surface area contributed by atoms with Gasteiger partial charge < -0.3 is 29.0 Å². The molecule has 0 bridgehead atoms. The first-order valence-corrected chi connectivity index (χ1v) is 12.2. The summed E-state index contributed by atoms with van der Waals surface area (Å²) in [7, 11) is -4.08. The molecular formula is C21H33NO10S. The van der Waals surface area contributed by atoms with Gasteiger partial charge in [-0.2, -0.15) is 8.42 Å². The van der Waals surface area contributed by atoms with Gasteiger partial charge in [-0.05, 0) is 5.56 Å². The van der Waals surface area contributed by atoms with Crippen molar-refractivity contribution in [3.63, 3.8) is 0 Å². The van der Waals surface area contributed by atoms with Crippen molar-refractivity contribution < 1.29 is 46.2 Å². The quantitative estimate of drug-likeness (QED) is 0.151. The molecule has 0 aliphatic rings. The van der Waals surface area contributed by atoms with Crippen molar-refractivity contribution in [1.82, 2.24) is 5.32 Å². The molecule has 0 unspecified atom stereocenters. The van der Waals surface area contributed by atoms with E-state index >= 15 is 0 Å². The number of benzene rings is 1. The Hall–Kier alpha value is -2.09. The molecule has 0 spiro atoms. The minimum atomic E-state index is -4.08. The number of ether oxygens (including phenoxy) is 5. The Labute approximate surface area is 194 Å². The second-order valence-corrected chi connectivity index (χ2v) is 8.30. The number of carbonyl (C=O) groups excluding carboxylic acids is 2. The molecule has 0 aromatic heterocycles. The van der Waals surface area contributed by atoms with E-state index in [1.54, 1.807) is 0 Å². The van der Waals surface area contributed by atoms with Crippen LogP contribution in [0, 0.1) is 0 Å². The number of rotatable bonds is 20. The van der Waals surface area contributed by atoms with E-state index in [9.17, 15) is 18.0 Å². The molecule has 1 rings (SSSR count). The molecule has 0 atom stereocenters. The van der Waals surface area contributed by atoms with Gasteiger partial charge in [-0.3, -0.25) is 14.1 Å². The lowest BCUT2D eigenvalue weighted by molar-refractivity contribution is -0.146. The summed E-state index contributed by atoms with van der Waals surface area (Å²) in [5.41, 5.74) is 0.938. The van der Waals surface area contributed by atoms with Gasteiger partial charge in [0.2, 0.25) is 5.91 Å². The fourth-order valence-corrected chi connectivity index (χ4v) is 2.66. The van der Waals surface area contributed by atoms with Crippen molar-refractivity contribution in [3.8, 4) is 0 Å². The zero-order valence-electron chi connectivity index (χ0n) is 18.6. The van der Waals surface area contributed by atoms with Crippen LogP contribution in [0.25, 0.3) is 0 Å². The highest BCUT2D eigenvalue weighted by atomic mass is 32.2. The normalized spacial score (nSPS) is 11.3. The molecule has 11 nitrogen and oxygen atoms in total. The lowest BCUT2D eigenvalue weighted by Crippen LogP contribution is -2.29. The smallest absolute Gasteiger partial charge is 0.308 e. The maximum atomic E-state index is 11.6. The van der Waals surface area contributed by atoms with Gasteiger partial charge in [0.15, 0.2) is 0 Å². The first-order valence-electron chi connectivity index (χ1n) is 10.6. The highest BCUT2D eigenvalue weighted by Gasteiger charge is 2.06. The van der Waals surface area contributed by atoms with Gasteiger partial charge in [0, 0.05) is 13.0 Å². The van der Waals surface area contributed by atoms with E-state index in [2.05, 4.69) is 5.32 Å². The van der Waals surface area contributed by atoms with Gasteiger partial charge in [-0.15, -0.1) is 0 Å². The molecule has 12 heteroatoms. The second-order valence-electron chi connectivity index (χ2n) is 6.73. The standard InChI is InChI=1S/C21H33NO10S/c23-20(22-8-17-33(25,26)27)6-9-28-11-13-30-15-16-31-14-12-29-10-7-21(24)32-18-19-4-2-1-3-5-19/h1-5H,6-18H2,(H,22,23)(H,25,26,27). The molecule has 1 aromatic rings. The minimum absolute atomic E-state index is 0.0827. The van der Waals surface area contributed by atoms with E-state index in [-0.39, 0.29) is 51.1 Å². The van der Waals surface area contributed by atoms with Gasteiger partial charge in [-0.1, -0.05) is 30.3 Å². The predicted octanol–water partition coefficient (Wildman–Crippen LogP) is 0.580. The van der Waals surface area contributed by atoms with Crippen LogP contribution in [0.15, 0.2) is 30.3 Å². The van der Waals surface area contributed by atoms with Crippen LogP contribution in [-0.4, -0.2) is 90.0 Å². The van der Waals surface area contributed by atoms with Crippen LogP contribution in [0.2, 0.25) is 0 Å². The third-order valence-corrected chi connectivity index (χ3v) is 4.68. The number of hydrogen-bond acceptors (Lipinski definition) is 9. The zero-order valence-corrected chi connectivity index (χ0v) is 19.4. The number of hydrogen-bond donors (Lipinski definition) is 2. The second kappa shape index (κ2) is 18.3. The predicted molar refractivity (Wildman–Crippen MR) is 118 cm³/mol. The Balaban J connectivity index is 1.79. The summed E-state index contributed by atoms with van der Waals surface area (Å²) >= 11 is 0. The summed E-state index contributed by atoms with van der Waals surface area (Å²) in [5.74, 6) is -1.20. The van der Waals surface area contributed by atoms with Crippen LogP contribution in [0.4, 0.5) is 0 Å². The van der Waals surface area contributed by atoms with Crippen molar-refractivity contribution in [1.29, 1.82) is 0 Å². The summed E-state index contributed by atoms with van der Waals surface area (Å²) in [6.07, 6.45) is 0.265. The van der Waals surface area contributed by atoms with Gasteiger partial charge >= 0.3 is 5.97 Å². The van der Waals surface area contributed by atoms with Gasteiger partial charge in [-0.25, -0.2) is 0 Å². The molecule has 188 valence electrons. The molecule has 2 N–H and O–H groups in total. The summed E-state index contributed by atoms with van der Waals surface area (Å²) < 4.78 is 55.9. The van der Waals surface area contributed by atoms with Crippen molar-refractivity contribution in [2.45, 2.75) is 19.4 Å². The fourth-order valence-electron chi connectivity index (χ4n) is 2.30. The summed E-state index contributed by atoms with van der Waals surface area (Å²) in [6, 6.07) is 9.45. The van der Waals surface area contributed by atoms with Crippen LogP contribution in [0.1, 0.15) is 18.4 Å². The lowest BCUT2D eigenvalue weighted by Gasteiger charge is -2.08. The average molecular weight is 492 g/mol. The molecule has 1 aromatic carbocycles. The molecule has 0 aliphatic carbocycles. The highest BCUT2D eigenvalue weighted by molar-refractivity contribution is 7.85. The van der Waals surface area contributed by atoms with E-state index in [4.69, 9.17) is 28.2 Å². The van der Waals surface area contributed by atoms with Gasteiger partial charge in [0.05, 0.1) is 65.0 Å². The lowest BCUT2D eigenvalue weighted by atomic mass is 10.2. The number of esters is 1. The average Bonchev–Trinajstić information content (AvgIpc) is 2.77. The van der Waals surface area contributed by atoms with E-state index in [1.165, 1.54) is 0 Å². The van der Waals surface area contributed by atoms with Crippen LogP contribution >= 0.6 is 0 Å². The Morgan fingerprint density at radius 3 is 1.85 bits per heavy atom. The number of nitrogens with one attached hydrogen (secondary N) is 1. The van der Waals surface area contributed by atoms with Gasteiger partial charge in [0.1, 0.15) is 6.61 Å². The maximum Gasteiger partial charge on any atom is 0.308 e. The SMILES string of the molecule is O=C(CCOCCOCCOCCOCCC(=O)OCc1ccccc1)NCCS(=O)(=O)O. The monoisotopic (exact) mass is 491 g/mol. The van der Waals surface area contributed by atoms with Gasteiger partial charge in [0.25, 0.3) is 10.1 Å². The van der Waals surface area contributed by atoms with Crippen molar-refractivity contribution in [2.75, 3.05) is 65.2 Å². The van der Waals surface area contributed by atoms with Crippen LogP contribution in [0.5, 0.6) is 0 Å². The number of amides is 1. The highest BCUT2D eigenvalue weighted by Crippen LogP contribution is 2.01. The molecule has 1 amide bonds. The van der Waals surface area contributed by atoms with E-state index in [0.717, 1.165) is 5.56 Å². The fraction of sp³-hybridized carbons (Fsp3) is 0.619. The molecule has 0 heterocycles. The molecule has 33 heavy (non-hydrogen) atoms. The topological polar surface area (TPSA) is 147 Å². The maximum absolute atomic E-state index is 11.6. The molecule has 0 aliphatic heterocycles. The third kappa shape index (κ3) is 19.1. The molecule has 0 fully saturated rings. The van der Waals surface area contributed by atoms with Crippen molar-refractivity contribution >= 4 is 22.0 Å². The third-order valence-electron chi connectivity index (χ3n) is 3.96. The zero-order chi connectivity index (χ0) is 24.2. The van der Waals surface area contributed by atoms with Crippen LogP contribution in [-0.2, 0) is 50.0 Å². The number of carbonyl (C=O) groups is 2. The first-order chi connectivity index (χ1) is 15.9. The Morgan fingerprint density at radius 2 is 1.30 bits per heavy atom.